The first-order valence-corrected chi connectivity index (χ1v) is 32.4. The van der Waals surface area contributed by atoms with E-state index < -0.39 is 237 Å². The van der Waals surface area contributed by atoms with Crippen molar-refractivity contribution < 1.29 is 118 Å². The number of carboxylic acid groups (broad SMARTS) is 1. The van der Waals surface area contributed by atoms with Crippen molar-refractivity contribution in [3.8, 4) is 57.1 Å². The highest BCUT2D eigenvalue weighted by atomic mass is 35.5. The molecular formula is C66H75Cl2N9O24. The molecule has 7 amide bonds. The summed E-state index contributed by atoms with van der Waals surface area (Å²) < 4.78 is 38.3. The van der Waals surface area contributed by atoms with Gasteiger partial charge in [-0.15, -0.1) is 0 Å². The van der Waals surface area contributed by atoms with Crippen LogP contribution >= 0.6 is 23.2 Å². The van der Waals surface area contributed by atoms with E-state index in [1.807, 2.05) is 13.8 Å². The molecule has 2 saturated heterocycles. The van der Waals surface area contributed by atoms with Gasteiger partial charge in [-0.3, -0.25) is 33.6 Å². The Bertz CT molecular complexity index is 4070. The van der Waals surface area contributed by atoms with Crippen molar-refractivity contribution >= 4 is 70.5 Å². The van der Waals surface area contributed by atoms with Crippen LogP contribution in [0.1, 0.15) is 105 Å². The van der Waals surface area contributed by atoms with Gasteiger partial charge in [-0.2, -0.15) is 0 Å². The largest absolute Gasteiger partial charge is 0.508 e. The van der Waals surface area contributed by atoms with Crippen LogP contribution in [-0.4, -0.2) is 191 Å². The maximum Gasteiger partial charge on any atom is 0.330 e. The zero-order chi connectivity index (χ0) is 73.5. The van der Waals surface area contributed by atoms with Crippen LogP contribution in [0.25, 0.3) is 11.1 Å². The number of aliphatic carboxylic acids is 1. The van der Waals surface area contributed by atoms with Gasteiger partial charge in [0.1, 0.15) is 89.5 Å². The Labute approximate surface area is 584 Å². The Morgan fingerprint density at radius 1 is 0.713 bits per heavy atom. The molecule has 542 valence electrons. The number of amides is 7. The van der Waals surface area contributed by atoms with E-state index in [0.717, 1.165) is 66.7 Å². The summed E-state index contributed by atoms with van der Waals surface area (Å²) in [5.41, 5.74) is 8.00. The molecule has 7 aliphatic rings. The number of aromatic hydroxyl groups is 3. The van der Waals surface area contributed by atoms with Crippen LogP contribution in [0.5, 0.6) is 46.0 Å². The SMILES string of the molecule is CN[C@H](CC(C)C)C(=O)NC1C(=O)N[C@@H](CC(N)=O)C(=O)N[C@H]2C(=O)NC3C(=O)NC(C(=O)N[C@H](C(=O)O)c4cc(O)cc(O)c4-c4cc3ccc4O)[C@H](O)c3ccc(c(Cl)c3)Oc3cc2cc(c3O[C@@H]2O[C@H](CO)[C@@H](O)[C@H](O)[C@H]2O[C@H]2C[C@](C)(N)[C@H](O)[C@H](C)O2)Oc2ccc(cc2Cl)[C@H]1O. The number of nitrogens with two attached hydrogens (primary N) is 2. The molecule has 5 aromatic carbocycles. The third-order valence-electron chi connectivity index (χ3n) is 17.8. The van der Waals surface area contributed by atoms with E-state index in [0.29, 0.717) is 0 Å². The number of likely N-dealkylation sites (N-methyl/N-ethyl adjacent to an activating group) is 1. The second-order valence-corrected chi connectivity index (χ2v) is 26.5. The summed E-state index contributed by atoms with van der Waals surface area (Å²) in [5.74, 6) is -16.0. The number of aliphatic hydroxyl groups excluding tert-OH is 6. The van der Waals surface area contributed by atoms with Crippen LogP contribution in [-0.2, 0) is 52.6 Å². The standard InChI is InChI=1S/C66H75Cl2N9O24/c1-23(2)12-34(71-5)58(88)76-49-51(83)26-7-10-38(32(67)14-26)97-40-16-28-17-41(55(40)101-65-56(54(86)53(85)42(22-78)99-65)100-44-21-66(4,70)57(87)24(3)96-44)98-39-11-8-27(15-33(39)68)52(84)50-63(93)75-48(64(94)95)31-18-29(79)19-37(81)45(31)30-13-25(6-9-36(30)80)46(60(90)77-50)74-61(91)47(28)73-59(89)35(20-43(69)82)72-62(49)92/h6-11,13-19,23-24,34-35,42,44,46-54,56-57,65,71,78-81,83-87H,12,20-22,70H2,1-5H3,(H2,69,82)(H,72,92)(H,73,89)(H,74,91)(H,75,93)(H,76,88)(H,77,90)(H,94,95)/t24-,34+,35-,42+,44-,46?,47+,48-,49?,50?,51+,52+,53+,54-,56+,57+,65-,66-/m0/s1. The molecule has 33 nitrogen and oxygen atoms in total. The number of carbonyl (C=O) groups is 8. The first kappa shape index (κ1) is 74.5. The summed E-state index contributed by atoms with van der Waals surface area (Å²) in [7, 11) is 1.47. The number of benzene rings is 5. The summed E-state index contributed by atoms with van der Waals surface area (Å²) >= 11 is 14.1. The predicted octanol–water partition coefficient (Wildman–Crippen LogP) is 0.106. The molecular weight excluding hydrogens is 1370 g/mol. The van der Waals surface area contributed by atoms with Crippen LogP contribution in [0.3, 0.4) is 0 Å². The molecule has 7 heterocycles. The second kappa shape index (κ2) is 30.2. The minimum absolute atomic E-state index is 0.0975. The minimum atomic E-state index is -2.35. The van der Waals surface area contributed by atoms with Crippen molar-refractivity contribution in [2.24, 2.45) is 17.4 Å². The smallest absolute Gasteiger partial charge is 0.330 e. The molecule has 11 bridgehead atoms. The summed E-state index contributed by atoms with van der Waals surface area (Å²) in [6, 6.07) is -0.679. The molecule has 2 fully saturated rings. The molecule has 18 atom stereocenters. The molecule has 7 aliphatic heterocycles. The van der Waals surface area contributed by atoms with E-state index in [2.05, 4.69) is 37.2 Å². The Hall–Kier alpha value is -9.20. The Morgan fingerprint density at radius 3 is 1.90 bits per heavy atom. The van der Waals surface area contributed by atoms with E-state index in [1.165, 1.54) is 33.0 Å². The monoisotopic (exact) mass is 1450 g/mol. The molecule has 5 aromatic rings. The molecule has 0 spiro atoms. The molecule has 0 aliphatic carbocycles. The number of primary amides is 1. The normalized spacial score (nSPS) is 29.4. The van der Waals surface area contributed by atoms with Crippen molar-refractivity contribution in [2.75, 3.05) is 13.7 Å². The van der Waals surface area contributed by atoms with Gasteiger partial charge in [0.05, 0.1) is 41.3 Å². The quantitative estimate of drug-likeness (QED) is 0.0743. The zero-order valence-electron chi connectivity index (χ0n) is 54.3. The van der Waals surface area contributed by atoms with E-state index in [1.54, 1.807) is 0 Å². The van der Waals surface area contributed by atoms with Crippen molar-refractivity contribution in [3.63, 3.8) is 0 Å². The highest BCUT2D eigenvalue weighted by Gasteiger charge is 2.51. The van der Waals surface area contributed by atoms with Gasteiger partial charge < -0.3 is 128 Å². The van der Waals surface area contributed by atoms with Crippen LogP contribution < -0.4 is 62.9 Å². The third-order valence-corrected chi connectivity index (χ3v) is 18.4. The Balaban J connectivity index is 1.24. The van der Waals surface area contributed by atoms with E-state index in [-0.39, 0.29) is 46.2 Å². The van der Waals surface area contributed by atoms with Gasteiger partial charge in [0, 0.05) is 34.7 Å². The van der Waals surface area contributed by atoms with Gasteiger partial charge in [-0.1, -0.05) is 55.2 Å². The number of carbonyl (C=O) groups excluding carboxylic acids is 7. The lowest BCUT2D eigenvalue weighted by molar-refractivity contribution is -0.333. The lowest BCUT2D eigenvalue weighted by atomic mass is 9.86. The number of ether oxygens (including phenoxy) is 6. The van der Waals surface area contributed by atoms with Gasteiger partial charge in [0.2, 0.25) is 53.4 Å². The van der Waals surface area contributed by atoms with E-state index in [4.69, 9.17) is 63.1 Å². The van der Waals surface area contributed by atoms with Crippen LogP contribution in [0.15, 0.2) is 78.9 Å². The average molecular weight is 1450 g/mol. The number of nitrogens with one attached hydrogen (secondary N) is 7. The zero-order valence-corrected chi connectivity index (χ0v) is 55.8. The van der Waals surface area contributed by atoms with Gasteiger partial charge in [0.15, 0.2) is 29.9 Å². The Morgan fingerprint density at radius 2 is 1.32 bits per heavy atom. The molecule has 0 radical (unpaired) electrons. The van der Waals surface area contributed by atoms with Crippen molar-refractivity contribution in [1.82, 2.24) is 37.2 Å². The number of aliphatic hydroxyl groups is 6. The summed E-state index contributed by atoms with van der Waals surface area (Å²) in [4.78, 5) is 117. The van der Waals surface area contributed by atoms with Crippen molar-refractivity contribution in [1.29, 1.82) is 0 Å². The highest BCUT2D eigenvalue weighted by Crippen LogP contribution is 2.50. The molecule has 0 saturated carbocycles. The van der Waals surface area contributed by atoms with Crippen LogP contribution in [0, 0.1) is 5.92 Å². The fraction of sp³-hybridized carbons (Fsp3) is 0.424. The van der Waals surface area contributed by atoms with Gasteiger partial charge >= 0.3 is 5.97 Å². The molecule has 101 heavy (non-hydrogen) atoms. The van der Waals surface area contributed by atoms with E-state index >= 15 is 14.4 Å². The van der Waals surface area contributed by atoms with Crippen molar-refractivity contribution in [2.45, 2.75) is 156 Å². The number of fused-ring (bicyclic) bond motifs is 15. The maximum atomic E-state index is 16.0. The number of phenols is 3. The summed E-state index contributed by atoms with van der Waals surface area (Å²) in [6.45, 7) is 5.66. The summed E-state index contributed by atoms with van der Waals surface area (Å²) in [5, 5.41) is 131. The molecule has 21 N–H and O–H groups in total. The van der Waals surface area contributed by atoms with Crippen molar-refractivity contribution in [3.05, 3.63) is 117 Å². The molecule has 3 unspecified atom stereocenters. The fourth-order valence-electron chi connectivity index (χ4n) is 12.5. The molecule has 0 aromatic heterocycles. The molecule has 12 rings (SSSR count). The van der Waals surface area contributed by atoms with Gasteiger partial charge in [-0.25, -0.2) is 4.79 Å². The first-order chi connectivity index (χ1) is 47.7. The minimum Gasteiger partial charge on any atom is -0.508 e. The van der Waals surface area contributed by atoms with Crippen LogP contribution in [0.2, 0.25) is 10.0 Å². The fourth-order valence-corrected chi connectivity index (χ4v) is 12.9. The third kappa shape index (κ3) is 15.8. The maximum absolute atomic E-state index is 16.0. The second-order valence-electron chi connectivity index (χ2n) is 25.7. The van der Waals surface area contributed by atoms with E-state index in [9.17, 15) is 75.0 Å². The number of phenolic OH excluding ortho intramolecular Hbond substituents is 3. The van der Waals surface area contributed by atoms with Gasteiger partial charge in [0.25, 0.3) is 0 Å². The molecule has 35 heteroatoms. The Kier molecular flexibility index (Phi) is 22.2. The average Bonchev–Trinajstić information content (AvgIpc) is 0.775. The number of halogens is 2. The van der Waals surface area contributed by atoms with Crippen LogP contribution in [0.4, 0.5) is 0 Å². The number of hydrogen-bond donors (Lipinski definition) is 19. The first-order valence-electron chi connectivity index (χ1n) is 31.6. The summed E-state index contributed by atoms with van der Waals surface area (Å²) in [6.07, 6.45) is -18.6. The number of carboxylic acids is 1. The number of hydrogen-bond acceptors (Lipinski definition) is 25. The number of rotatable bonds is 13. The lowest BCUT2D eigenvalue weighted by Crippen LogP contribution is -2.64. The highest BCUT2D eigenvalue weighted by molar-refractivity contribution is 6.32. The topological polar surface area (TPSA) is 530 Å². The van der Waals surface area contributed by atoms with Gasteiger partial charge in [-0.05, 0) is 110 Å². The lowest BCUT2D eigenvalue weighted by Gasteiger charge is -2.47. The predicted molar refractivity (Wildman–Crippen MR) is 349 cm³/mol.